The van der Waals surface area contributed by atoms with E-state index in [0.29, 0.717) is 28.8 Å². The molecule has 11 nitrogen and oxygen atoms in total. The monoisotopic (exact) mass is 604 g/mol. The Balaban J connectivity index is 0.000000868. The van der Waals surface area contributed by atoms with Crippen molar-refractivity contribution in [3.63, 3.8) is 0 Å². The number of fused-ring (bicyclic) bond motifs is 2. The molecular weight excluding hydrogens is 576 g/mol. The summed E-state index contributed by atoms with van der Waals surface area (Å²) in [6.45, 7) is 3.04. The van der Waals surface area contributed by atoms with Crippen molar-refractivity contribution in [2.75, 3.05) is 19.1 Å². The van der Waals surface area contributed by atoms with Crippen LogP contribution in [0.3, 0.4) is 0 Å². The minimum atomic E-state index is -1.02. The molecule has 3 heterocycles. The Morgan fingerprint density at radius 3 is 2.49 bits per heavy atom. The number of thiazole rings is 1. The van der Waals surface area contributed by atoms with Crippen LogP contribution in [0.15, 0.2) is 60.2 Å². The van der Waals surface area contributed by atoms with Crippen LogP contribution in [0.4, 0.5) is 5.13 Å². The summed E-state index contributed by atoms with van der Waals surface area (Å²) in [6.07, 6.45) is 0.670. The molecule has 3 aromatic carbocycles. The molecule has 0 bridgehead atoms. The number of aliphatic carboxylic acids is 1. The summed E-state index contributed by atoms with van der Waals surface area (Å²) in [7, 11) is 2.97. The molecular formula is C31H28N2O9S. The number of Topliss-reactive ketones (excluding diaryl/α,β-unsaturated/α-hetero) is 1. The summed E-state index contributed by atoms with van der Waals surface area (Å²) in [5.74, 6) is -1.38. The van der Waals surface area contributed by atoms with Gasteiger partial charge in [-0.05, 0) is 66.6 Å². The number of ketones is 1. The van der Waals surface area contributed by atoms with Crippen molar-refractivity contribution >= 4 is 50.1 Å². The average Bonchev–Trinajstić information content (AvgIpc) is 3.64. The lowest BCUT2D eigenvalue weighted by Crippen LogP contribution is -2.29. The summed E-state index contributed by atoms with van der Waals surface area (Å²) >= 11 is 1.23. The van der Waals surface area contributed by atoms with Gasteiger partial charge in [0.1, 0.15) is 23.4 Å². The standard InChI is InChI=1S/C29H24N2O7S.C2H4O2/c1-14-10-17-11-16(5-9-21(17)38-14)26(33)24-25(15-4-8-20(32)22(12-15)37-3)31(28(35)27(24)34)29-30-19-7-6-18(36-2)13-23(19)39-29;1-2(3)4/h4-9,11-14,25,32-33H,10H2,1-3H3;1H3,(H,3,4)/b26-24+;. The molecule has 1 fully saturated rings. The number of ether oxygens (including phenoxy) is 3. The number of aliphatic hydroxyl groups excluding tert-OH is 1. The van der Waals surface area contributed by atoms with Crippen molar-refractivity contribution in [2.45, 2.75) is 32.4 Å². The van der Waals surface area contributed by atoms with Crippen LogP contribution in [0.5, 0.6) is 23.0 Å². The molecule has 222 valence electrons. The van der Waals surface area contributed by atoms with Crippen LogP contribution in [-0.4, -0.2) is 58.3 Å². The maximum atomic E-state index is 13.6. The number of benzene rings is 3. The van der Waals surface area contributed by atoms with Crippen LogP contribution >= 0.6 is 11.3 Å². The van der Waals surface area contributed by atoms with E-state index in [9.17, 15) is 19.8 Å². The third-order valence-corrected chi connectivity index (χ3v) is 7.94. The first-order chi connectivity index (χ1) is 20.5. The lowest BCUT2D eigenvalue weighted by atomic mass is 9.94. The van der Waals surface area contributed by atoms with E-state index in [1.807, 2.05) is 6.92 Å². The molecule has 4 aromatic rings. The number of carboxylic acids is 1. The van der Waals surface area contributed by atoms with Gasteiger partial charge in [-0.2, -0.15) is 0 Å². The second-order valence-corrected chi connectivity index (χ2v) is 10.9. The maximum absolute atomic E-state index is 13.6. The molecule has 1 saturated heterocycles. The number of rotatable bonds is 5. The number of aliphatic hydroxyl groups is 1. The normalized spacial score (nSPS) is 18.6. The number of nitrogens with zero attached hydrogens (tertiary/aromatic N) is 2. The molecule has 6 rings (SSSR count). The molecule has 2 unspecified atom stereocenters. The van der Waals surface area contributed by atoms with Crippen LogP contribution < -0.4 is 19.1 Å². The molecule has 0 radical (unpaired) electrons. The Morgan fingerprint density at radius 2 is 1.79 bits per heavy atom. The predicted octanol–water partition coefficient (Wildman–Crippen LogP) is 5.06. The van der Waals surface area contributed by atoms with Crippen LogP contribution in [0.25, 0.3) is 16.0 Å². The zero-order chi connectivity index (χ0) is 31.0. The molecule has 1 aromatic heterocycles. The Bertz CT molecular complexity index is 1790. The van der Waals surface area contributed by atoms with E-state index in [0.717, 1.165) is 22.9 Å². The van der Waals surface area contributed by atoms with Crippen molar-refractivity contribution in [1.82, 2.24) is 4.98 Å². The number of carbonyl (C=O) groups excluding carboxylic acids is 2. The summed E-state index contributed by atoms with van der Waals surface area (Å²) in [6, 6.07) is 14.1. The van der Waals surface area contributed by atoms with Crippen molar-refractivity contribution < 1.29 is 43.9 Å². The molecule has 2 aliphatic rings. The molecule has 0 spiro atoms. The zero-order valence-electron chi connectivity index (χ0n) is 23.7. The number of phenols is 1. The van der Waals surface area contributed by atoms with Crippen molar-refractivity contribution in [2.24, 2.45) is 0 Å². The molecule has 0 aliphatic carbocycles. The van der Waals surface area contributed by atoms with Gasteiger partial charge in [0.2, 0.25) is 0 Å². The highest BCUT2D eigenvalue weighted by Gasteiger charge is 2.48. The number of phenolic OH excluding ortho intramolecular Hbond substituents is 1. The molecule has 12 heteroatoms. The van der Waals surface area contributed by atoms with Gasteiger partial charge < -0.3 is 29.5 Å². The maximum Gasteiger partial charge on any atom is 0.301 e. The molecule has 2 aliphatic heterocycles. The van der Waals surface area contributed by atoms with Gasteiger partial charge in [-0.1, -0.05) is 17.4 Å². The summed E-state index contributed by atoms with van der Waals surface area (Å²) in [4.78, 5) is 42.0. The van der Waals surface area contributed by atoms with Gasteiger partial charge in [0.05, 0.1) is 36.1 Å². The van der Waals surface area contributed by atoms with Gasteiger partial charge in [-0.3, -0.25) is 19.3 Å². The molecule has 1 amide bonds. The Labute approximate surface area is 250 Å². The summed E-state index contributed by atoms with van der Waals surface area (Å²) in [5.41, 5.74) is 2.31. The number of hydrogen-bond donors (Lipinski definition) is 3. The topological polar surface area (TPSA) is 156 Å². The highest BCUT2D eigenvalue weighted by molar-refractivity contribution is 7.22. The fourth-order valence-electron chi connectivity index (χ4n) is 5.06. The molecule has 0 saturated carbocycles. The number of carbonyl (C=O) groups is 3. The fourth-order valence-corrected chi connectivity index (χ4v) is 6.08. The van der Waals surface area contributed by atoms with E-state index >= 15 is 0 Å². The van der Waals surface area contributed by atoms with Gasteiger partial charge in [0.25, 0.3) is 11.8 Å². The zero-order valence-corrected chi connectivity index (χ0v) is 24.5. The number of amides is 1. The highest BCUT2D eigenvalue weighted by Crippen LogP contribution is 2.46. The van der Waals surface area contributed by atoms with Gasteiger partial charge in [0.15, 0.2) is 16.6 Å². The number of aromatic hydroxyl groups is 1. The Morgan fingerprint density at radius 1 is 1.05 bits per heavy atom. The van der Waals surface area contributed by atoms with Crippen LogP contribution in [0.2, 0.25) is 0 Å². The van der Waals surface area contributed by atoms with Crippen molar-refractivity contribution in [1.29, 1.82) is 0 Å². The van der Waals surface area contributed by atoms with E-state index in [1.54, 1.807) is 55.6 Å². The second-order valence-electron chi connectivity index (χ2n) is 9.90. The summed E-state index contributed by atoms with van der Waals surface area (Å²) in [5, 5.41) is 29.4. The number of carboxylic acid groups (broad SMARTS) is 1. The lowest BCUT2D eigenvalue weighted by Gasteiger charge is -2.23. The number of hydrogen-bond acceptors (Lipinski definition) is 10. The first-order valence-corrected chi connectivity index (χ1v) is 14.0. The smallest absolute Gasteiger partial charge is 0.301 e. The fraction of sp³-hybridized carbons (Fsp3) is 0.226. The number of anilines is 1. The largest absolute Gasteiger partial charge is 0.507 e. The van der Waals surface area contributed by atoms with Crippen LogP contribution in [0, 0.1) is 0 Å². The Hall–Kier alpha value is -5.10. The first kappa shape index (κ1) is 29.4. The first-order valence-electron chi connectivity index (χ1n) is 13.1. The number of methoxy groups -OCH3 is 2. The van der Waals surface area contributed by atoms with Gasteiger partial charge in [-0.15, -0.1) is 0 Å². The average molecular weight is 605 g/mol. The quantitative estimate of drug-likeness (QED) is 0.160. The summed E-state index contributed by atoms with van der Waals surface area (Å²) < 4.78 is 17.1. The van der Waals surface area contributed by atoms with E-state index in [2.05, 4.69) is 4.98 Å². The van der Waals surface area contributed by atoms with Gasteiger partial charge in [0, 0.05) is 18.9 Å². The number of aromatic nitrogens is 1. The second kappa shape index (κ2) is 11.6. The van der Waals surface area contributed by atoms with Crippen LogP contribution in [-0.2, 0) is 20.8 Å². The van der Waals surface area contributed by atoms with Crippen LogP contribution in [0.1, 0.15) is 36.6 Å². The van der Waals surface area contributed by atoms with Gasteiger partial charge in [-0.25, -0.2) is 4.98 Å². The SMILES string of the molecule is CC(=O)O.COc1ccc2nc(N3C(=O)C(=O)/C(=C(/O)c4ccc5c(c4)CC(C)O5)C3c3ccc(O)c(OC)c3)sc2c1. The third-order valence-electron chi connectivity index (χ3n) is 6.92. The van der Waals surface area contributed by atoms with E-state index < -0.39 is 23.7 Å². The molecule has 2 atom stereocenters. The minimum Gasteiger partial charge on any atom is -0.507 e. The van der Waals surface area contributed by atoms with Crippen molar-refractivity contribution in [3.8, 4) is 23.0 Å². The van der Waals surface area contributed by atoms with E-state index in [4.69, 9.17) is 24.1 Å². The lowest BCUT2D eigenvalue weighted by molar-refractivity contribution is -0.134. The predicted molar refractivity (Wildman–Crippen MR) is 159 cm³/mol. The van der Waals surface area contributed by atoms with E-state index in [1.165, 1.54) is 29.4 Å². The minimum absolute atomic E-state index is 0.00472. The Kier molecular flexibility index (Phi) is 7.96. The van der Waals surface area contributed by atoms with E-state index in [-0.39, 0.29) is 34.1 Å². The molecule has 43 heavy (non-hydrogen) atoms. The molecule has 3 N–H and O–H groups in total. The van der Waals surface area contributed by atoms with Gasteiger partial charge >= 0.3 is 5.91 Å². The third kappa shape index (κ3) is 5.56. The van der Waals surface area contributed by atoms with Crippen molar-refractivity contribution in [3.05, 3.63) is 76.9 Å². The highest BCUT2D eigenvalue weighted by atomic mass is 32.1.